The maximum Gasteiger partial charge on any atom is 0.221 e. The Morgan fingerprint density at radius 3 is 2.55 bits per heavy atom. The van der Waals surface area contributed by atoms with Crippen molar-refractivity contribution in [2.45, 2.75) is 33.1 Å². The minimum atomic E-state index is -0.481. The van der Waals surface area contributed by atoms with Crippen LogP contribution in [0.4, 0.5) is 4.39 Å². The summed E-state index contributed by atoms with van der Waals surface area (Å²) in [6, 6.07) is 4.58. The molecule has 1 amide bonds. The molecule has 0 unspecified atom stereocenters. The zero-order valence-corrected chi connectivity index (χ0v) is 13.2. The third kappa shape index (κ3) is 4.71. The van der Waals surface area contributed by atoms with Gasteiger partial charge in [-0.15, -0.1) is 0 Å². The maximum absolute atomic E-state index is 13.7. The van der Waals surface area contributed by atoms with Crippen LogP contribution in [0.2, 0.25) is 0 Å². The lowest BCUT2D eigenvalue weighted by Gasteiger charge is -2.18. The summed E-state index contributed by atoms with van der Waals surface area (Å²) in [5.41, 5.74) is 5.67. The van der Waals surface area contributed by atoms with Crippen LogP contribution >= 0.6 is 15.9 Å². The van der Waals surface area contributed by atoms with Gasteiger partial charge in [-0.05, 0) is 23.6 Å². The minimum Gasteiger partial charge on any atom is -0.369 e. The lowest BCUT2D eigenvalue weighted by molar-refractivity contribution is -0.128. The second kappa shape index (κ2) is 7.53. The number of Topliss-reactive ketones (excluding diaryl/α,β-unsaturated/α-hetero) is 1. The van der Waals surface area contributed by atoms with Gasteiger partial charge in [0.2, 0.25) is 5.91 Å². The highest BCUT2D eigenvalue weighted by Crippen LogP contribution is 2.21. The summed E-state index contributed by atoms with van der Waals surface area (Å²) >= 11 is 3.16. The number of carbonyl (C=O) groups is 2. The van der Waals surface area contributed by atoms with Gasteiger partial charge < -0.3 is 5.73 Å². The van der Waals surface area contributed by atoms with Crippen LogP contribution < -0.4 is 5.73 Å². The van der Waals surface area contributed by atoms with Gasteiger partial charge in [0.25, 0.3) is 0 Å². The van der Waals surface area contributed by atoms with E-state index in [0.717, 1.165) is 6.42 Å². The molecule has 0 fully saturated rings. The van der Waals surface area contributed by atoms with Crippen LogP contribution in [0, 0.1) is 17.7 Å². The minimum absolute atomic E-state index is 0.0146. The van der Waals surface area contributed by atoms with E-state index < -0.39 is 17.6 Å². The van der Waals surface area contributed by atoms with Gasteiger partial charge in [-0.1, -0.05) is 42.3 Å². The lowest BCUT2D eigenvalue weighted by Crippen LogP contribution is -2.31. The largest absolute Gasteiger partial charge is 0.369 e. The molecule has 0 aliphatic carbocycles. The standard InChI is InChI=1S/C15H19BrFNO2/c1-3-9(2)13(15(18)20)8-12(19)6-10-4-5-11(16)7-14(10)17/h4-5,7,9,13H,3,6,8H2,1-2H3,(H2,18,20)/t9-,13-/m0/s1. The van der Waals surface area contributed by atoms with E-state index in [1.54, 1.807) is 12.1 Å². The van der Waals surface area contributed by atoms with Crippen molar-refractivity contribution in [3.63, 3.8) is 0 Å². The van der Waals surface area contributed by atoms with Crippen molar-refractivity contribution in [1.82, 2.24) is 0 Å². The summed E-state index contributed by atoms with van der Waals surface area (Å²) < 4.78 is 14.3. The van der Waals surface area contributed by atoms with Crippen LogP contribution in [0.1, 0.15) is 32.3 Å². The number of hydrogen-bond donors (Lipinski definition) is 1. The first-order valence-electron chi connectivity index (χ1n) is 6.60. The number of carbonyl (C=O) groups excluding carboxylic acids is 2. The van der Waals surface area contributed by atoms with E-state index >= 15 is 0 Å². The highest BCUT2D eigenvalue weighted by atomic mass is 79.9. The van der Waals surface area contributed by atoms with E-state index in [4.69, 9.17) is 5.73 Å². The molecule has 1 aromatic carbocycles. The van der Waals surface area contributed by atoms with Gasteiger partial charge in [0, 0.05) is 23.2 Å². The Morgan fingerprint density at radius 1 is 1.40 bits per heavy atom. The summed E-state index contributed by atoms with van der Waals surface area (Å²) in [4.78, 5) is 23.4. The van der Waals surface area contributed by atoms with E-state index in [0.29, 0.717) is 10.0 Å². The Kier molecular flexibility index (Phi) is 6.33. The summed E-state index contributed by atoms with van der Waals surface area (Å²) in [5.74, 6) is -1.50. The predicted octanol–water partition coefficient (Wildman–Crippen LogP) is 3.24. The van der Waals surface area contributed by atoms with E-state index in [1.807, 2.05) is 13.8 Å². The molecule has 0 aliphatic heterocycles. The Labute approximate surface area is 126 Å². The number of primary amides is 1. The molecule has 1 aromatic rings. The molecule has 0 aliphatic rings. The number of amides is 1. The SMILES string of the molecule is CC[C@H](C)[C@H](CC(=O)Cc1ccc(Br)cc1F)C(N)=O. The van der Waals surface area contributed by atoms with Crippen LogP contribution in [0.3, 0.4) is 0 Å². The van der Waals surface area contributed by atoms with Gasteiger partial charge in [-0.3, -0.25) is 9.59 Å². The Morgan fingerprint density at radius 2 is 2.05 bits per heavy atom. The van der Waals surface area contributed by atoms with Crippen molar-refractivity contribution >= 4 is 27.6 Å². The predicted molar refractivity (Wildman–Crippen MR) is 79.6 cm³/mol. The van der Waals surface area contributed by atoms with E-state index in [1.165, 1.54) is 6.07 Å². The molecule has 2 atom stereocenters. The van der Waals surface area contributed by atoms with Gasteiger partial charge in [-0.2, -0.15) is 0 Å². The van der Waals surface area contributed by atoms with Crippen LogP contribution in [-0.4, -0.2) is 11.7 Å². The third-order valence-electron chi connectivity index (χ3n) is 3.55. The highest BCUT2D eigenvalue weighted by Gasteiger charge is 2.24. The summed E-state index contributed by atoms with van der Waals surface area (Å²) in [7, 11) is 0. The number of rotatable bonds is 7. The fourth-order valence-corrected chi connectivity index (χ4v) is 2.39. The van der Waals surface area contributed by atoms with Crippen LogP contribution in [0.25, 0.3) is 0 Å². The molecule has 2 N–H and O–H groups in total. The quantitative estimate of drug-likeness (QED) is 0.826. The molecule has 0 heterocycles. The van der Waals surface area contributed by atoms with Crippen LogP contribution in [0.15, 0.2) is 22.7 Å². The van der Waals surface area contributed by atoms with Gasteiger partial charge >= 0.3 is 0 Å². The van der Waals surface area contributed by atoms with E-state index in [2.05, 4.69) is 15.9 Å². The van der Waals surface area contributed by atoms with Crippen molar-refractivity contribution in [2.24, 2.45) is 17.6 Å². The van der Waals surface area contributed by atoms with Gasteiger partial charge in [0.05, 0.1) is 0 Å². The summed E-state index contributed by atoms with van der Waals surface area (Å²) in [6.45, 7) is 3.84. The average molecular weight is 344 g/mol. The Hall–Kier alpha value is -1.23. The Bertz CT molecular complexity index is 505. The molecule has 0 spiro atoms. The number of halogens is 2. The summed E-state index contributed by atoms with van der Waals surface area (Å²) in [6.07, 6.45) is 0.826. The first-order valence-corrected chi connectivity index (χ1v) is 7.39. The van der Waals surface area contributed by atoms with Crippen LogP contribution in [-0.2, 0) is 16.0 Å². The fourth-order valence-electron chi connectivity index (χ4n) is 2.06. The second-order valence-electron chi connectivity index (χ2n) is 5.05. The topological polar surface area (TPSA) is 60.2 Å². The zero-order valence-electron chi connectivity index (χ0n) is 11.7. The molecule has 20 heavy (non-hydrogen) atoms. The molecule has 0 saturated carbocycles. The molecule has 1 rings (SSSR count). The first kappa shape index (κ1) is 16.8. The number of hydrogen-bond acceptors (Lipinski definition) is 2. The Balaban J connectivity index is 2.73. The fraction of sp³-hybridized carbons (Fsp3) is 0.467. The number of nitrogens with two attached hydrogens (primary N) is 1. The number of benzene rings is 1. The molecule has 0 radical (unpaired) electrons. The monoisotopic (exact) mass is 343 g/mol. The third-order valence-corrected chi connectivity index (χ3v) is 4.04. The van der Waals surface area contributed by atoms with Gasteiger partial charge in [-0.25, -0.2) is 4.39 Å². The van der Waals surface area contributed by atoms with Crippen LogP contribution in [0.5, 0.6) is 0 Å². The van der Waals surface area contributed by atoms with Crippen molar-refractivity contribution in [1.29, 1.82) is 0 Å². The van der Waals surface area contributed by atoms with Gasteiger partial charge in [0.15, 0.2) is 0 Å². The molecular weight excluding hydrogens is 325 g/mol. The lowest BCUT2D eigenvalue weighted by atomic mass is 9.86. The second-order valence-corrected chi connectivity index (χ2v) is 5.97. The normalized spacial score (nSPS) is 13.8. The molecule has 0 bridgehead atoms. The highest BCUT2D eigenvalue weighted by molar-refractivity contribution is 9.10. The molecule has 0 saturated heterocycles. The molecular formula is C15H19BrFNO2. The van der Waals surface area contributed by atoms with Gasteiger partial charge in [0.1, 0.15) is 11.6 Å². The molecule has 0 aromatic heterocycles. The van der Waals surface area contributed by atoms with Crippen molar-refractivity contribution in [3.8, 4) is 0 Å². The number of ketones is 1. The first-order chi connectivity index (χ1) is 9.35. The zero-order chi connectivity index (χ0) is 15.3. The van der Waals surface area contributed by atoms with Crippen molar-refractivity contribution < 1.29 is 14.0 Å². The maximum atomic E-state index is 13.7. The molecule has 5 heteroatoms. The smallest absolute Gasteiger partial charge is 0.221 e. The average Bonchev–Trinajstić information content (AvgIpc) is 2.38. The van der Waals surface area contributed by atoms with Crippen molar-refractivity contribution in [2.75, 3.05) is 0 Å². The van der Waals surface area contributed by atoms with E-state index in [9.17, 15) is 14.0 Å². The van der Waals surface area contributed by atoms with E-state index in [-0.39, 0.29) is 24.5 Å². The summed E-state index contributed by atoms with van der Waals surface area (Å²) in [5, 5.41) is 0. The van der Waals surface area contributed by atoms with Crippen molar-refractivity contribution in [3.05, 3.63) is 34.1 Å². The molecule has 3 nitrogen and oxygen atoms in total. The molecule has 110 valence electrons.